The van der Waals surface area contributed by atoms with E-state index in [0.717, 1.165) is 16.6 Å². The maximum atomic E-state index is 6.18. The number of aromatic nitrogens is 1. The summed E-state index contributed by atoms with van der Waals surface area (Å²) in [7, 11) is 0. The van der Waals surface area contributed by atoms with Crippen LogP contribution in [0.5, 0.6) is 0 Å². The molecule has 3 atom stereocenters. The molecule has 1 aliphatic carbocycles. The van der Waals surface area contributed by atoms with Crippen LogP contribution < -0.4 is 0 Å². The summed E-state index contributed by atoms with van der Waals surface area (Å²) in [6.45, 7) is 7.60. The first-order valence-electron chi connectivity index (χ1n) is 7.21. The SMILES string of the molecule is CC1CCC(C(C)C)C(OCc2nc(CCl)cs2)C1. The van der Waals surface area contributed by atoms with Crippen molar-refractivity contribution < 1.29 is 4.74 Å². The lowest BCUT2D eigenvalue weighted by Gasteiger charge is -2.37. The fourth-order valence-corrected chi connectivity index (χ4v) is 3.90. The van der Waals surface area contributed by atoms with Crippen molar-refractivity contribution in [1.82, 2.24) is 4.98 Å². The summed E-state index contributed by atoms with van der Waals surface area (Å²) in [5, 5.41) is 3.08. The molecule has 0 radical (unpaired) electrons. The molecule has 0 saturated heterocycles. The van der Waals surface area contributed by atoms with E-state index >= 15 is 0 Å². The van der Waals surface area contributed by atoms with Gasteiger partial charge in [-0.2, -0.15) is 0 Å². The van der Waals surface area contributed by atoms with Gasteiger partial charge in [-0.05, 0) is 30.6 Å². The van der Waals surface area contributed by atoms with Gasteiger partial charge in [-0.25, -0.2) is 4.98 Å². The lowest BCUT2D eigenvalue weighted by atomic mass is 9.75. The van der Waals surface area contributed by atoms with Crippen LogP contribution in [0.3, 0.4) is 0 Å². The predicted molar refractivity (Wildman–Crippen MR) is 81.6 cm³/mol. The van der Waals surface area contributed by atoms with Crippen LogP contribution in [0.2, 0.25) is 0 Å². The molecular formula is C15H24ClNOS. The van der Waals surface area contributed by atoms with Gasteiger partial charge in [0, 0.05) is 5.38 Å². The predicted octanol–water partition coefficient (Wildman–Crippen LogP) is 4.86. The molecule has 2 nitrogen and oxygen atoms in total. The summed E-state index contributed by atoms with van der Waals surface area (Å²) < 4.78 is 6.18. The lowest BCUT2D eigenvalue weighted by Crippen LogP contribution is -2.34. The topological polar surface area (TPSA) is 22.1 Å². The zero-order valence-corrected chi connectivity index (χ0v) is 13.6. The molecule has 0 aliphatic heterocycles. The van der Waals surface area contributed by atoms with Crippen LogP contribution in [0.15, 0.2) is 5.38 Å². The molecule has 2 rings (SSSR count). The van der Waals surface area contributed by atoms with E-state index in [-0.39, 0.29) is 0 Å². The van der Waals surface area contributed by atoms with Gasteiger partial charge in [0.1, 0.15) is 5.01 Å². The minimum Gasteiger partial charge on any atom is -0.371 e. The van der Waals surface area contributed by atoms with E-state index in [2.05, 4.69) is 25.8 Å². The third-order valence-corrected chi connectivity index (χ3v) is 5.26. The molecule has 0 N–H and O–H groups in total. The highest BCUT2D eigenvalue weighted by Gasteiger charge is 2.31. The Balaban J connectivity index is 1.91. The number of hydrogen-bond donors (Lipinski definition) is 0. The molecule has 3 unspecified atom stereocenters. The highest BCUT2D eigenvalue weighted by atomic mass is 35.5. The monoisotopic (exact) mass is 301 g/mol. The van der Waals surface area contributed by atoms with Crippen LogP contribution in [-0.2, 0) is 17.2 Å². The molecule has 1 aliphatic rings. The fourth-order valence-electron chi connectivity index (χ4n) is 2.96. The highest BCUT2D eigenvalue weighted by Crippen LogP contribution is 2.35. The van der Waals surface area contributed by atoms with Gasteiger partial charge in [-0.1, -0.05) is 27.2 Å². The third-order valence-electron chi connectivity index (χ3n) is 4.12. The van der Waals surface area contributed by atoms with E-state index in [1.807, 2.05) is 5.38 Å². The molecule has 1 aromatic heterocycles. The number of thiazole rings is 1. The summed E-state index contributed by atoms with van der Waals surface area (Å²) in [6.07, 6.45) is 4.23. The van der Waals surface area contributed by atoms with Crippen LogP contribution >= 0.6 is 22.9 Å². The van der Waals surface area contributed by atoms with Crippen molar-refractivity contribution in [2.45, 2.75) is 58.6 Å². The van der Waals surface area contributed by atoms with Crippen LogP contribution in [0, 0.1) is 17.8 Å². The number of halogens is 1. The second kappa shape index (κ2) is 7.05. The fraction of sp³-hybridized carbons (Fsp3) is 0.800. The van der Waals surface area contributed by atoms with E-state index in [1.165, 1.54) is 19.3 Å². The van der Waals surface area contributed by atoms with Crippen LogP contribution in [0.25, 0.3) is 0 Å². The molecule has 1 fully saturated rings. The Morgan fingerprint density at radius 2 is 2.26 bits per heavy atom. The average Bonchev–Trinajstić information content (AvgIpc) is 2.84. The van der Waals surface area contributed by atoms with Gasteiger partial charge in [0.15, 0.2) is 0 Å². The molecule has 0 bridgehead atoms. The molecule has 1 aromatic rings. The minimum absolute atomic E-state index is 0.395. The molecule has 108 valence electrons. The van der Waals surface area contributed by atoms with Crippen LogP contribution in [0.1, 0.15) is 50.7 Å². The Bertz CT molecular complexity index is 393. The number of ether oxygens (including phenoxy) is 1. The summed E-state index contributed by atoms with van der Waals surface area (Å²) in [5.41, 5.74) is 0.961. The van der Waals surface area contributed by atoms with Gasteiger partial charge in [-0.15, -0.1) is 22.9 Å². The maximum Gasteiger partial charge on any atom is 0.119 e. The lowest BCUT2D eigenvalue weighted by molar-refractivity contribution is -0.0473. The van der Waals surface area contributed by atoms with Gasteiger partial charge in [0.05, 0.1) is 24.3 Å². The number of alkyl halides is 1. The smallest absolute Gasteiger partial charge is 0.119 e. The summed E-state index contributed by atoms with van der Waals surface area (Å²) in [4.78, 5) is 4.46. The largest absolute Gasteiger partial charge is 0.371 e. The molecule has 19 heavy (non-hydrogen) atoms. The quantitative estimate of drug-likeness (QED) is 0.725. The summed E-state index contributed by atoms with van der Waals surface area (Å²) >= 11 is 7.43. The van der Waals surface area contributed by atoms with E-state index in [1.54, 1.807) is 11.3 Å². The Hall–Kier alpha value is -0.120. The molecular weight excluding hydrogens is 278 g/mol. The molecule has 1 heterocycles. The second-order valence-electron chi connectivity index (χ2n) is 6.04. The molecule has 4 heteroatoms. The Labute approximate surface area is 125 Å². The number of rotatable bonds is 5. The van der Waals surface area contributed by atoms with Gasteiger partial charge < -0.3 is 4.74 Å². The molecule has 0 spiro atoms. The maximum absolute atomic E-state index is 6.18. The number of nitrogens with zero attached hydrogens (tertiary/aromatic N) is 1. The minimum atomic E-state index is 0.395. The van der Waals surface area contributed by atoms with Crippen molar-refractivity contribution in [3.63, 3.8) is 0 Å². The van der Waals surface area contributed by atoms with Gasteiger partial charge in [0.2, 0.25) is 0 Å². The summed E-state index contributed by atoms with van der Waals surface area (Å²) in [6, 6.07) is 0. The van der Waals surface area contributed by atoms with Crippen molar-refractivity contribution in [3.05, 3.63) is 16.1 Å². The van der Waals surface area contributed by atoms with E-state index in [9.17, 15) is 0 Å². The first kappa shape index (κ1) is 15.3. The van der Waals surface area contributed by atoms with E-state index in [4.69, 9.17) is 16.3 Å². The van der Waals surface area contributed by atoms with Crippen molar-refractivity contribution in [2.75, 3.05) is 0 Å². The molecule has 1 saturated carbocycles. The normalized spacial score (nSPS) is 27.9. The zero-order valence-electron chi connectivity index (χ0n) is 12.1. The first-order chi connectivity index (χ1) is 9.10. The number of hydrogen-bond acceptors (Lipinski definition) is 3. The molecule has 0 amide bonds. The van der Waals surface area contributed by atoms with Gasteiger partial charge in [-0.3, -0.25) is 0 Å². The first-order valence-corrected chi connectivity index (χ1v) is 8.62. The average molecular weight is 302 g/mol. The van der Waals surface area contributed by atoms with E-state index in [0.29, 0.717) is 30.4 Å². The second-order valence-corrected chi connectivity index (χ2v) is 7.25. The van der Waals surface area contributed by atoms with E-state index < -0.39 is 0 Å². The standard InChI is InChI=1S/C15H24ClNOS/c1-10(2)13-5-4-11(3)6-14(13)18-8-15-17-12(7-16)9-19-15/h9-11,13-14H,4-8H2,1-3H3. The van der Waals surface area contributed by atoms with Gasteiger partial charge in [0.25, 0.3) is 0 Å². The Morgan fingerprint density at radius 3 is 2.89 bits per heavy atom. The van der Waals surface area contributed by atoms with Crippen LogP contribution in [-0.4, -0.2) is 11.1 Å². The highest BCUT2D eigenvalue weighted by molar-refractivity contribution is 7.09. The zero-order chi connectivity index (χ0) is 13.8. The summed E-state index contributed by atoms with van der Waals surface area (Å²) in [5.74, 6) is 2.68. The Morgan fingerprint density at radius 1 is 1.47 bits per heavy atom. The molecule has 0 aromatic carbocycles. The Kier molecular flexibility index (Phi) is 5.67. The van der Waals surface area contributed by atoms with Gasteiger partial charge >= 0.3 is 0 Å². The van der Waals surface area contributed by atoms with Crippen LogP contribution in [0.4, 0.5) is 0 Å². The van der Waals surface area contributed by atoms with Crippen molar-refractivity contribution in [3.8, 4) is 0 Å². The van der Waals surface area contributed by atoms with Crippen molar-refractivity contribution >= 4 is 22.9 Å². The van der Waals surface area contributed by atoms with Crippen molar-refractivity contribution in [1.29, 1.82) is 0 Å². The van der Waals surface area contributed by atoms with Crippen molar-refractivity contribution in [2.24, 2.45) is 17.8 Å². The third kappa shape index (κ3) is 4.17.